The molecule has 4 rings (SSSR count). The third-order valence-corrected chi connectivity index (χ3v) is 5.22. The number of pyridine rings is 1. The number of aromatic nitrogens is 1. The summed E-state index contributed by atoms with van der Waals surface area (Å²) in [6.45, 7) is 6.83. The second kappa shape index (κ2) is 6.98. The Balaban J connectivity index is 1.51. The molecule has 3 heterocycles. The number of anilines is 1. The van der Waals surface area contributed by atoms with E-state index < -0.39 is 0 Å². The second-order valence-corrected chi connectivity index (χ2v) is 7.03. The number of piperidine rings is 1. The lowest BCUT2D eigenvalue weighted by molar-refractivity contribution is 0.101. The number of benzene rings is 1. The van der Waals surface area contributed by atoms with Gasteiger partial charge in [-0.05, 0) is 62.4 Å². The zero-order chi connectivity index (χ0) is 16.4. The summed E-state index contributed by atoms with van der Waals surface area (Å²) in [6, 6.07) is 6.34. The monoisotopic (exact) mass is 325 g/mol. The van der Waals surface area contributed by atoms with Crippen molar-refractivity contribution in [1.29, 1.82) is 0 Å². The van der Waals surface area contributed by atoms with Crippen LogP contribution < -0.4 is 10.1 Å². The van der Waals surface area contributed by atoms with Gasteiger partial charge in [0, 0.05) is 36.9 Å². The van der Waals surface area contributed by atoms with Crippen LogP contribution in [0.2, 0.25) is 0 Å². The number of rotatable bonds is 4. The Hall–Kier alpha value is -1.81. The maximum atomic E-state index is 6.30. The molecule has 1 fully saturated rings. The van der Waals surface area contributed by atoms with Crippen LogP contribution in [0.5, 0.6) is 5.75 Å². The average Bonchev–Trinajstić information content (AvgIpc) is 2.63. The number of hydrogen-bond acceptors (Lipinski definition) is 4. The number of ether oxygens (including phenoxy) is 1. The summed E-state index contributed by atoms with van der Waals surface area (Å²) in [5, 5.41) is 4.76. The van der Waals surface area contributed by atoms with Gasteiger partial charge in [-0.3, -0.25) is 4.98 Å². The number of fused-ring (bicyclic) bond motifs is 3. The van der Waals surface area contributed by atoms with Crippen molar-refractivity contribution in [2.24, 2.45) is 0 Å². The van der Waals surface area contributed by atoms with Crippen molar-refractivity contribution in [3.63, 3.8) is 0 Å². The molecule has 4 nitrogen and oxygen atoms in total. The summed E-state index contributed by atoms with van der Waals surface area (Å²) >= 11 is 0. The van der Waals surface area contributed by atoms with Crippen LogP contribution in [-0.2, 0) is 6.42 Å². The highest BCUT2D eigenvalue weighted by molar-refractivity contribution is 5.94. The molecule has 24 heavy (non-hydrogen) atoms. The number of nitrogens with zero attached hydrogens (tertiary/aromatic N) is 2. The van der Waals surface area contributed by atoms with Gasteiger partial charge in [0.05, 0.1) is 5.52 Å². The molecule has 0 aliphatic carbocycles. The maximum Gasteiger partial charge on any atom is 0.120 e. The van der Waals surface area contributed by atoms with Crippen LogP contribution in [0.1, 0.15) is 38.2 Å². The summed E-state index contributed by atoms with van der Waals surface area (Å²) in [4.78, 5) is 7.16. The van der Waals surface area contributed by atoms with E-state index >= 15 is 0 Å². The van der Waals surface area contributed by atoms with Crippen LogP contribution in [0, 0.1) is 0 Å². The van der Waals surface area contributed by atoms with Gasteiger partial charge >= 0.3 is 0 Å². The standard InChI is InChI=1S/C20H27N3O/c1-2-10-23-11-7-16(8-12-23)24-17-5-6-19-18(13-17)20-15(14-22-19)4-3-9-21-20/h5-6,13-14,16,21H,2-4,7-12H2,1H3. The van der Waals surface area contributed by atoms with Crippen molar-refractivity contribution in [3.8, 4) is 5.75 Å². The van der Waals surface area contributed by atoms with Crippen molar-refractivity contribution >= 4 is 16.6 Å². The summed E-state index contributed by atoms with van der Waals surface area (Å²) in [5.74, 6) is 0.985. The Morgan fingerprint density at radius 1 is 1.29 bits per heavy atom. The second-order valence-electron chi connectivity index (χ2n) is 7.03. The minimum Gasteiger partial charge on any atom is -0.490 e. The van der Waals surface area contributed by atoms with Gasteiger partial charge in [0.15, 0.2) is 0 Å². The molecular weight excluding hydrogens is 298 g/mol. The topological polar surface area (TPSA) is 37.4 Å². The smallest absolute Gasteiger partial charge is 0.120 e. The third kappa shape index (κ3) is 3.20. The van der Waals surface area contributed by atoms with E-state index in [0.717, 1.165) is 50.2 Å². The van der Waals surface area contributed by atoms with Gasteiger partial charge in [0.1, 0.15) is 11.9 Å². The first-order valence-electron chi connectivity index (χ1n) is 9.38. The van der Waals surface area contributed by atoms with E-state index in [1.54, 1.807) is 0 Å². The number of hydrogen-bond donors (Lipinski definition) is 1. The fourth-order valence-corrected chi connectivity index (χ4v) is 3.94. The molecular formula is C20H27N3O. The van der Waals surface area contributed by atoms with Crippen LogP contribution in [0.15, 0.2) is 24.4 Å². The Labute approximate surface area is 144 Å². The van der Waals surface area contributed by atoms with Crippen LogP contribution in [0.3, 0.4) is 0 Å². The van der Waals surface area contributed by atoms with Crippen molar-refractivity contribution < 1.29 is 4.74 Å². The molecule has 1 aromatic carbocycles. The van der Waals surface area contributed by atoms with Gasteiger partial charge in [0.25, 0.3) is 0 Å². The molecule has 0 amide bonds. The normalized spacial score (nSPS) is 19.0. The zero-order valence-corrected chi connectivity index (χ0v) is 14.6. The van der Waals surface area contributed by atoms with Gasteiger partial charge in [-0.2, -0.15) is 0 Å². The highest BCUT2D eigenvalue weighted by Crippen LogP contribution is 2.32. The Bertz CT molecular complexity index is 707. The van der Waals surface area contributed by atoms with E-state index in [-0.39, 0.29) is 0 Å². The van der Waals surface area contributed by atoms with Crippen molar-refractivity contribution in [3.05, 3.63) is 30.0 Å². The molecule has 0 unspecified atom stereocenters. The van der Waals surface area contributed by atoms with E-state index in [9.17, 15) is 0 Å². The Morgan fingerprint density at radius 3 is 3.00 bits per heavy atom. The predicted octanol–water partition coefficient (Wildman–Crippen LogP) is 3.85. The molecule has 0 atom stereocenters. The molecule has 1 aromatic heterocycles. The predicted molar refractivity (Wildman–Crippen MR) is 98.9 cm³/mol. The highest BCUT2D eigenvalue weighted by Gasteiger charge is 2.20. The lowest BCUT2D eigenvalue weighted by Gasteiger charge is -2.32. The Kier molecular flexibility index (Phi) is 4.56. The molecule has 4 heteroatoms. The first-order chi connectivity index (χ1) is 11.8. The minimum absolute atomic E-state index is 0.344. The minimum atomic E-state index is 0.344. The van der Waals surface area contributed by atoms with Crippen molar-refractivity contribution in [2.45, 2.75) is 45.1 Å². The summed E-state index contributed by atoms with van der Waals surface area (Å²) in [6.07, 6.45) is 8.16. The molecule has 0 bridgehead atoms. The molecule has 1 N–H and O–H groups in total. The molecule has 2 aliphatic heterocycles. The van der Waals surface area contributed by atoms with Gasteiger partial charge in [-0.25, -0.2) is 0 Å². The number of nitrogens with one attached hydrogen (secondary N) is 1. The van der Waals surface area contributed by atoms with Crippen molar-refractivity contribution in [1.82, 2.24) is 9.88 Å². The Morgan fingerprint density at radius 2 is 2.17 bits per heavy atom. The van der Waals surface area contributed by atoms with E-state index in [1.807, 2.05) is 6.20 Å². The van der Waals surface area contributed by atoms with Crippen LogP contribution in [0.25, 0.3) is 10.9 Å². The maximum absolute atomic E-state index is 6.30. The summed E-state index contributed by atoms with van der Waals surface area (Å²) in [5.41, 5.74) is 3.64. The van der Waals surface area contributed by atoms with Crippen molar-refractivity contribution in [2.75, 3.05) is 31.5 Å². The number of aryl methyl sites for hydroxylation is 1. The molecule has 2 aliphatic rings. The fraction of sp³-hybridized carbons (Fsp3) is 0.550. The summed E-state index contributed by atoms with van der Waals surface area (Å²) in [7, 11) is 0. The molecule has 0 spiro atoms. The van der Waals surface area contributed by atoms with Gasteiger partial charge in [0.2, 0.25) is 0 Å². The first kappa shape index (κ1) is 15.7. The number of likely N-dealkylation sites (tertiary alicyclic amines) is 1. The van der Waals surface area contributed by atoms with Gasteiger partial charge in [-0.15, -0.1) is 0 Å². The molecule has 0 saturated carbocycles. The lowest BCUT2D eigenvalue weighted by Crippen LogP contribution is -2.38. The van der Waals surface area contributed by atoms with Gasteiger partial charge in [-0.1, -0.05) is 6.92 Å². The van der Waals surface area contributed by atoms with E-state index in [0.29, 0.717) is 6.10 Å². The SMILES string of the molecule is CCCN1CCC(Oc2ccc3ncc4c(c3c2)NCCC4)CC1. The van der Waals surface area contributed by atoms with E-state index in [1.165, 1.54) is 36.0 Å². The summed E-state index contributed by atoms with van der Waals surface area (Å²) < 4.78 is 6.30. The van der Waals surface area contributed by atoms with Crippen LogP contribution >= 0.6 is 0 Å². The van der Waals surface area contributed by atoms with E-state index in [4.69, 9.17) is 4.74 Å². The lowest BCUT2D eigenvalue weighted by atomic mass is 10.0. The fourth-order valence-electron chi connectivity index (χ4n) is 3.94. The highest BCUT2D eigenvalue weighted by atomic mass is 16.5. The van der Waals surface area contributed by atoms with Crippen LogP contribution in [0.4, 0.5) is 5.69 Å². The van der Waals surface area contributed by atoms with Crippen LogP contribution in [-0.4, -0.2) is 42.2 Å². The molecule has 128 valence electrons. The largest absolute Gasteiger partial charge is 0.490 e. The average molecular weight is 325 g/mol. The molecule has 0 radical (unpaired) electrons. The third-order valence-electron chi connectivity index (χ3n) is 5.22. The molecule has 2 aromatic rings. The van der Waals surface area contributed by atoms with Gasteiger partial charge < -0.3 is 15.0 Å². The van der Waals surface area contributed by atoms with E-state index in [2.05, 4.69) is 40.3 Å². The quantitative estimate of drug-likeness (QED) is 0.926. The zero-order valence-electron chi connectivity index (χ0n) is 14.6. The first-order valence-corrected chi connectivity index (χ1v) is 9.38. The molecule has 1 saturated heterocycles.